The van der Waals surface area contributed by atoms with Gasteiger partial charge >= 0.3 is 5.97 Å². The van der Waals surface area contributed by atoms with Crippen LogP contribution in [-0.4, -0.2) is 39.9 Å². The quantitative estimate of drug-likeness (QED) is 0.804. The zero-order valence-corrected chi connectivity index (χ0v) is 14.8. The molecule has 25 heavy (non-hydrogen) atoms. The van der Waals surface area contributed by atoms with Crippen LogP contribution in [0, 0.1) is 12.8 Å². The minimum Gasteiger partial charge on any atom is -0.497 e. The number of aromatic nitrogens is 2. The van der Waals surface area contributed by atoms with E-state index in [0.717, 1.165) is 17.1 Å². The number of benzene rings is 1. The highest BCUT2D eigenvalue weighted by Crippen LogP contribution is 2.17. The third-order valence-electron chi connectivity index (χ3n) is 3.75. The number of ether oxygens (including phenoxy) is 1. The average molecular weight is 345 g/mol. The van der Waals surface area contributed by atoms with Crippen LogP contribution in [0.5, 0.6) is 5.75 Å². The van der Waals surface area contributed by atoms with Gasteiger partial charge in [0.1, 0.15) is 11.8 Å². The number of aliphatic carboxylic acids is 1. The minimum absolute atomic E-state index is 0.153. The summed E-state index contributed by atoms with van der Waals surface area (Å²) in [6, 6.07) is 7.98. The lowest BCUT2D eigenvalue weighted by atomic mass is 10.0. The van der Waals surface area contributed by atoms with Gasteiger partial charge in [-0.3, -0.25) is 4.79 Å². The lowest BCUT2D eigenvalue weighted by Gasteiger charge is -2.15. The first-order valence-corrected chi connectivity index (χ1v) is 8.06. The van der Waals surface area contributed by atoms with Gasteiger partial charge in [0.25, 0.3) is 5.91 Å². The Bertz CT molecular complexity index is 750. The lowest BCUT2D eigenvalue weighted by Crippen LogP contribution is -2.41. The molecule has 1 aromatic carbocycles. The summed E-state index contributed by atoms with van der Waals surface area (Å²) in [7, 11) is 1.59. The highest BCUT2D eigenvalue weighted by Gasteiger charge is 2.23. The monoisotopic (exact) mass is 345 g/mol. The molecule has 0 aliphatic carbocycles. The molecular weight excluding hydrogens is 322 g/mol. The Morgan fingerprint density at radius 2 is 1.92 bits per heavy atom. The van der Waals surface area contributed by atoms with Crippen molar-refractivity contribution in [2.75, 3.05) is 7.11 Å². The fourth-order valence-electron chi connectivity index (χ4n) is 2.50. The topological polar surface area (TPSA) is 93.5 Å². The average Bonchev–Trinajstić information content (AvgIpc) is 2.95. The summed E-state index contributed by atoms with van der Waals surface area (Å²) in [5.41, 5.74) is 1.74. The minimum atomic E-state index is -1.05. The summed E-state index contributed by atoms with van der Waals surface area (Å²) < 4.78 is 6.76. The van der Waals surface area contributed by atoms with E-state index < -0.39 is 17.9 Å². The van der Waals surface area contributed by atoms with Crippen molar-refractivity contribution in [3.8, 4) is 11.4 Å². The van der Waals surface area contributed by atoms with Crippen LogP contribution in [0.4, 0.5) is 0 Å². The normalized spacial score (nSPS) is 12.0. The third kappa shape index (κ3) is 4.59. The van der Waals surface area contributed by atoms with Crippen LogP contribution < -0.4 is 10.1 Å². The van der Waals surface area contributed by atoms with Gasteiger partial charge in [-0.05, 0) is 49.6 Å². The van der Waals surface area contributed by atoms with Crippen molar-refractivity contribution in [1.29, 1.82) is 0 Å². The summed E-state index contributed by atoms with van der Waals surface area (Å²) in [5.74, 6) is -0.665. The molecule has 1 aromatic heterocycles. The second kappa shape index (κ2) is 7.83. The molecule has 7 nitrogen and oxygen atoms in total. The molecule has 0 bridgehead atoms. The van der Waals surface area contributed by atoms with Crippen LogP contribution in [0.25, 0.3) is 5.69 Å². The Morgan fingerprint density at radius 3 is 2.44 bits per heavy atom. The van der Waals surface area contributed by atoms with E-state index in [1.807, 2.05) is 32.9 Å². The molecule has 0 saturated carbocycles. The molecule has 2 rings (SSSR count). The Morgan fingerprint density at radius 1 is 1.28 bits per heavy atom. The third-order valence-corrected chi connectivity index (χ3v) is 3.75. The second-order valence-corrected chi connectivity index (χ2v) is 6.27. The molecule has 0 fully saturated rings. The Kier molecular flexibility index (Phi) is 5.80. The zero-order chi connectivity index (χ0) is 18.6. The van der Waals surface area contributed by atoms with E-state index in [2.05, 4.69) is 10.4 Å². The van der Waals surface area contributed by atoms with Gasteiger partial charge in [-0.25, -0.2) is 9.48 Å². The highest BCUT2D eigenvalue weighted by molar-refractivity contribution is 5.95. The molecule has 0 saturated heterocycles. The summed E-state index contributed by atoms with van der Waals surface area (Å²) >= 11 is 0. The van der Waals surface area contributed by atoms with E-state index in [9.17, 15) is 14.7 Å². The van der Waals surface area contributed by atoms with Crippen LogP contribution in [0.2, 0.25) is 0 Å². The maximum Gasteiger partial charge on any atom is 0.326 e. The molecule has 0 aliphatic heterocycles. The largest absolute Gasteiger partial charge is 0.497 e. The van der Waals surface area contributed by atoms with Crippen molar-refractivity contribution in [1.82, 2.24) is 15.1 Å². The van der Waals surface area contributed by atoms with Crippen LogP contribution in [-0.2, 0) is 4.79 Å². The summed E-state index contributed by atoms with van der Waals surface area (Å²) in [4.78, 5) is 23.7. The number of aryl methyl sites for hydroxylation is 1. The molecule has 0 radical (unpaired) electrons. The molecule has 1 heterocycles. The molecule has 1 amide bonds. The fourth-order valence-corrected chi connectivity index (χ4v) is 2.50. The fraction of sp³-hybridized carbons (Fsp3) is 0.389. The summed E-state index contributed by atoms with van der Waals surface area (Å²) in [5, 5.41) is 16.1. The van der Waals surface area contributed by atoms with Gasteiger partial charge in [0.2, 0.25) is 0 Å². The number of nitrogens with one attached hydrogen (secondary N) is 1. The molecule has 2 N–H and O–H groups in total. The first-order chi connectivity index (χ1) is 11.8. The lowest BCUT2D eigenvalue weighted by molar-refractivity contribution is -0.139. The van der Waals surface area contributed by atoms with Crippen molar-refractivity contribution >= 4 is 11.9 Å². The number of methoxy groups -OCH3 is 1. The Labute approximate surface area is 146 Å². The van der Waals surface area contributed by atoms with Crippen molar-refractivity contribution in [2.45, 2.75) is 33.2 Å². The zero-order valence-electron chi connectivity index (χ0n) is 14.8. The Hall–Kier alpha value is -2.83. The maximum absolute atomic E-state index is 12.4. The first-order valence-electron chi connectivity index (χ1n) is 8.06. The number of nitrogens with zero attached hydrogens (tertiary/aromatic N) is 2. The second-order valence-electron chi connectivity index (χ2n) is 6.27. The molecular formula is C18H23N3O4. The summed E-state index contributed by atoms with van der Waals surface area (Å²) in [6.07, 6.45) is 0.360. The van der Waals surface area contributed by atoms with Crippen LogP contribution in [0.3, 0.4) is 0 Å². The molecule has 2 aromatic rings. The highest BCUT2D eigenvalue weighted by atomic mass is 16.5. The van der Waals surface area contributed by atoms with Crippen molar-refractivity contribution in [3.05, 3.63) is 41.7 Å². The first kappa shape index (κ1) is 18.5. The van der Waals surface area contributed by atoms with E-state index in [0.29, 0.717) is 6.42 Å². The van der Waals surface area contributed by atoms with E-state index >= 15 is 0 Å². The van der Waals surface area contributed by atoms with Crippen molar-refractivity contribution in [3.63, 3.8) is 0 Å². The number of hydrogen-bond acceptors (Lipinski definition) is 4. The number of rotatable bonds is 7. The molecule has 0 aliphatic rings. The van der Waals surface area contributed by atoms with Gasteiger partial charge in [0.15, 0.2) is 5.69 Å². The predicted octanol–water partition coefficient (Wildman–Crippen LogP) is 2.42. The van der Waals surface area contributed by atoms with Crippen molar-refractivity contribution < 1.29 is 19.4 Å². The van der Waals surface area contributed by atoms with Crippen LogP contribution >= 0.6 is 0 Å². The number of hydrogen-bond donors (Lipinski definition) is 2. The van der Waals surface area contributed by atoms with E-state index in [1.165, 1.54) is 0 Å². The van der Waals surface area contributed by atoms with Crippen LogP contribution in [0.1, 0.15) is 36.5 Å². The van der Waals surface area contributed by atoms with Crippen LogP contribution in [0.15, 0.2) is 30.3 Å². The van der Waals surface area contributed by atoms with Gasteiger partial charge < -0.3 is 15.2 Å². The number of carbonyl (C=O) groups is 2. The van der Waals surface area contributed by atoms with Gasteiger partial charge in [-0.1, -0.05) is 13.8 Å². The molecule has 7 heteroatoms. The van der Waals surface area contributed by atoms with Crippen molar-refractivity contribution in [2.24, 2.45) is 5.92 Å². The number of amides is 1. The molecule has 0 spiro atoms. The number of carboxylic acids is 1. The number of carbonyl (C=O) groups excluding carboxylic acids is 1. The maximum atomic E-state index is 12.4. The SMILES string of the molecule is COc1ccc(-n2nc(C(=O)N[C@H](CC(C)C)C(=O)O)cc2C)cc1. The van der Waals surface area contributed by atoms with E-state index in [4.69, 9.17) is 4.74 Å². The van der Waals surface area contributed by atoms with Gasteiger partial charge in [0.05, 0.1) is 12.8 Å². The Balaban J connectivity index is 2.19. The molecule has 134 valence electrons. The number of carboxylic acid groups (broad SMARTS) is 1. The van der Waals surface area contributed by atoms with Gasteiger partial charge in [-0.2, -0.15) is 5.10 Å². The molecule has 1 atom stereocenters. The van der Waals surface area contributed by atoms with Gasteiger partial charge in [-0.15, -0.1) is 0 Å². The standard InChI is InChI=1S/C18H23N3O4/c1-11(2)9-16(18(23)24)19-17(22)15-10-12(3)21(20-15)13-5-7-14(25-4)8-6-13/h5-8,10-11,16H,9H2,1-4H3,(H,19,22)(H,23,24)/t16-/m1/s1. The summed E-state index contributed by atoms with van der Waals surface area (Å²) in [6.45, 7) is 5.64. The smallest absolute Gasteiger partial charge is 0.326 e. The van der Waals surface area contributed by atoms with E-state index in [1.54, 1.807) is 30.0 Å². The van der Waals surface area contributed by atoms with E-state index in [-0.39, 0.29) is 11.6 Å². The predicted molar refractivity (Wildman–Crippen MR) is 93.2 cm³/mol. The van der Waals surface area contributed by atoms with Gasteiger partial charge in [0, 0.05) is 5.69 Å². The molecule has 0 unspecified atom stereocenters.